The number of nitrogens with one attached hydrogen (secondary N) is 1. The number of ether oxygens (including phenoxy) is 2. The Hall–Kier alpha value is -1.33. The summed E-state index contributed by atoms with van der Waals surface area (Å²) in [7, 11) is 1.67. The molecule has 0 saturated heterocycles. The molecular weight excluding hydrogens is 658 g/mol. The summed E-state index contributed by atoms with van der Waals surface area (Å²) in [6.07, 6.45) is 1.82. The smallest absolute Gasteiger partial charge is 0.146 e. The first-order chi connectivity index (χ1) is 14.1. The summed E-state index contributed by atoms with van der Waals surface area (Å²) < 4.78 is 14.6. The number of rotatable bonds is 8. The summed E-state index contributed by atoms with van der Waals surface area (Å²) in [5.74, 6) is 1.75. The first kappa shape index (κ1) is 22.4. The molecule has 0 aromatic heterocycles. The minimum absolute atomic E-state index is 0.535. The number of hydrogen-bond donors (Lipinski definition) is 1. The molecule has 1 N–H and O–H groups in total. The summed E-state index contributed by atoms with van der Waals surface area (Å²) in [5, 5.41) is 4.34. The second kappa shape index (κ2) is 11.2. The van der Waals surface area contributed by atoms with Crippen LogP contribution in [0.15, 0.2) is 70.2 Å². The molecule has 0 bridgehead atoms. The van der Waals surface area contributed by atoms with Gasteiger partial charge in [-0.2, -0.15) is 5.10 Å². The Kier molecular flexibility index (Phi) is 8.61. The maximum absolute atomic E-state index is 6.05. The van der Waals surface area contributed by atoms with E-state index in [0.717, 1.165) is 39.8 Å². The second-order valence-corrected chi connectivity index (χ2v) is 9.37. The molecule has 0 heterocycles. The van der Waals surface area contributed by atoms with Crippen molar-refractivity contribution in [3.05, 3.63) is 89.0 Å². The van der Waals surface area contributed by atoms with Crippen LogP contribution in [-0.4, -0.2) is 13.3 Å². The average molecular weight is 677 g/mol. The van der Waals surface area contributed by atoms with Crippen LogP contribution >= 0.6 is 61.1 Å². The molecule has 150 valence electrons. The molecule has 0 fully saturated rings. The minimum atomic E-state index is 0.535. The zero-order valence-electron chi connectivity index (χ0n) is 15.7. The van der Waals surface area contributed by atoms with Crippen molar-refractivity contribution in [2.24, 2.45) is 5.10 Å². The van der Waals surface area contributed by atoms with Crippen LogP contribution in [0.1, 0.15) is 16.7 Å². The lowest BCUT2D eigenvalue weighted by atomic mass is 10.2. The molecule has 4 nitrogen and oxygen atoms in total. The van der Waals surface area contributed by atoms with Crippen molar-refractivity contribution < 1.29 is 9.47 Å². The fourth-order valence-electron chi connectivity index (χ4n) is 2.63. The standard InChI is InChI=1S/C22H19BrI2N2O2/c1-28-21-5-3-2-4-17(21)13-27-26-12-16-10-19(24)22(20(25)11-16)29-14-15-6-8-18(23)9-7-15/h2-12,27H,13-14H2,1H3/b26-12-. The van der Waals surface area contributed by atoms with Gasteiger partial charge in [-0.15, -0.1) is 0 Å². The lowest BCUT2D eigenvalue weighted by Crippen LogP contribution is -2.07. The molecule has 0 unspecified atom stereocenters. The average Bonchev–Trinajstić information content (AvgIpc) is 2.72. The Morgan fingerprint density at radius 1 is 1.03 bits per heavy atom. The summed E-state index contributed by atoms with van der Waals surface area (Å²) in [5.41, 5.74) is 6.29. The van der Waals surface area contributed by atoms with E-state index in [9.17, 15) is 0 Å². The summed E-state index contributed by atoms with van der Waals surface area (Å²) >= 11 is 8.06. The number of methoxy groups -OCH3 is 1. The van der Waals surface area contributed by atoms with E-state index in [1.165, 1.54) is 0 Å². The molecule has 0 aliphatic heterocycles. The molecule has 0 aliphatic carbocycles. The second-order valence-electron chi connectivity index (χ2n) is 6.13. The molecule has 0 spiro atoms. The Morgan fingerprint density at radius 3 is 2.41 bits per heavy atom. The van der Waals surface area contributed by atoms with Crippen molar-refractivity contribution in [1.82, 2.24) is 5.43 Å². The van der Waals surface area contributed by atoms with E-state index in [2.05, 4.69) is 95.9 Å². The van der Waals surface area contributed by atoms with Crippen LogP contribution < -0.4 is 14.9 Å². The van der Waals surface area contributed by atoms with Crippen molar-refractivity contribution in [2.75, 3.05) is 7.11 Å². The van der Waals surface area contributed by atoms with Gasteiger partial charge in [0.15, 0.2) is 0 Å². The normalized spacial score (nSPS) is 10.9. The van der Waals surface area contributed by atoms with Gasteiger partial charge in [0, 0.05) is 10.0 Å². The number of hydrazone groups is 1. The van der Waals surface area contributed by atoms with Gasteiger partial charge in [0.25, 0.3) is 0 Å². The number of nitrogens with zero attached hydrogens (tertiary/aromatic N) is 1. The van der Waals surface area contributed by atoms with Crippen molar-refractivity contribution in [2.45, 2.75) is 13.2 Å². The fraction of sp³-hybridized carbons (Fsp3) is 0.136. The summed E-state index contributed by atoms with van der Waals surface area (Å²) in [6.45, 7) is 1.14. The molecule has 7 heteroatoms. The van der Waals surface area contributed by atoms with Crippen LogP contribution in [0, 0.1) is 7.14 Å². The van der Waals surface area contributed by atoms with E-state index in [1.54, 1.807) is 7.11 Å². The van der Waals surface area contributed by atoms with Gasteiger partial charge in [0.05, 0.1) is 27.0 Å². The number of benzene rings is 3. The predicted octanol–water partition coefficient (Wildman–Crippen LogP) is 6.37. The first-order valence-corrected chi connectivity index (χ1v) is 11.8. The third-order valence-corrected chi connectivity index (χ3v) is 6.22. The SMILES string of the molecule is COc1ccccc1CN/N=C\c1cc(I)c(OCc2ccc(Br)cc2)c(I)c1. The maximum atomic E-state index is 6.05. The Morgan fingerprint density at radius 2 is 1.72 bits per heavy atom. The van der Waals surface area contributed by atoms with Gasteiger partial charge in [-0.25, -0.2) is 0 Å². The molecule has 29 heavy (non-hydrogen) atoms. The predicted molar refractivity (Wildman–Crippen MR) is 138 cm³/mol. The summed E-state index contributed by atoms with van der Waals surface area (Å²) in [4.78, 5) is 0. The highest BCUT2D eigenvalue weighted by Crippen LogP contribution is 2.29. The molecule has 0 atom stereocenters. The fourth-order valence-corrected chi connectivity index (χ4v) is 5.02. The molecular formula is C22H19BrI2N2O2. The van der Waals surface area contributed by atoms with Gasteiger partial charge in [-0.3, -0.25) is 0 Å². The van der Waals surface area contributed by atoms with Crippen LogP contribution in [0.4, 0.5) is 0 Å². The van der Waals surface area contributed by atoms with Gasteiger partial charge in [0.2, 0.25) is 0 Å². The molecule has 3 aromatic rings. The van der Waals surface area contributed by atoms with E-state index in [-0.39, 0.29) is 0 Å². The van der Waals surface area contributed by atoms with Crippen LogP contribution in [-0.2, 0) is 13.2 Å². The van der Waals surface area contributed by atoms with E-state index in [1.807, 2.05) is 42.6 Å². The van der Waals surface area contributed by atoms with Gasteiger partial charge < -0.3 is 14.9 Å². The summed E-state index contributed by atoms with van der Waals surface area (Å²) in [6, 6.07) is 20.2. The first-order valence-electron chi connectivity index (χ1n) is 8.81. The molecule has 3 rings (SSSR count). The van der Waals surface area contributed by atoms with Gasteiger partial charge in [-0.1, -0.05) is 46.3 Å². The maximum Gasteiger partial charge on any atom is 0.146 e. The lowest BCUT2D eigenvalue weighted by Gasteiger charge is -2.11. The van der Waals surface area contributed by atoms with Crippen LogP contribution in [0.5, 0.6) is 11.5 Å². The van der Waals surface area contributed by atoms with Crippen LogP contribution in [0.25, 0.3) is 0 Å². The van der Waals surface area contributed by atoms with E-state index >= 15 is 0 Å². The van der Waals surface area contributed by atoms with Gasteiger partial charge in [-0.05, 0) is 86.6 Å². The third-order valence-electron chi connectivity index (χ3n) is 4.08. The van der Waals surface area contributed by atoms with Crippen LogP contribution in [0.2, 0.25) is 0 Å². The van der Waals surface area contributed by atoms with Crippen molar-refractivity contribution >= 4 is 67.3 Å². The zero-order valence-corrected chi connectivity index (χ0v) is 21.6. The molecule has 0 saturated carbocycles. The largest absolute Gasteiger partial charge is 0.496 e. The third kappa shape index (κ3) is 6.58. The highest BCUT2D eigenvalue weighted by atomic mass is 127. The van der Waals surface area contributed by atoms with Crippen molar-refractivity contribution in [1.29, 1.82) is 0 Å². The Labute approximate surface area is 206 Å². The Bertz CT molecular complexity index is 971. The topological polar surface area (TPSA) is 42.8 Å². The van der Waals surface area contributed by atoms with Gasteiger partial charge >= 0.3 is 0 Å². The number of halogens is 3. The van der Waals surface area contributed by atoms with Gasteiger partial charge in [0.1, 0.15) is 18.1 Å². The molecule has 0 amide bonds. The number of para-hydroxylation sites is 1. The quantitative estimate of drug-likeness (QED) is 0.171. The highest BCUT2D eigenvalue weighted by molar-refractivity contribution is 14.1. The monoisotopic (exact) mass is 676 g/mol. The Balaban J connectivity index is 1.61. The minimum Gasteiger partial charge on any atom is -0.496 e. The molecule has 3 aromatic carbocycles. The van der Waals surface area contributed by atoms with E-state index in [0.29, 0.717) is 13.2 Å². The van der Waals surface area contributed by atoms with Crippen LogP contribution in [0.3, 0.4) is 0 Å². The van der Waals surface area contributed by atoms with E-state index < -0.39 is 0 Å². The zero-order chi connectivity index (χ0) is 20.6. The van der Waals surface area contributed by atoms with Crippen molar-refractivity contribution in [3.8, 4) is 11.5 Å². The van der Waals surface area contributed by atoms with E-state index in [4.69, 9.17) is 9.47 Å². The highest BCUT2D eigenvalue weighted by Gasteiger charge is 2.09. The van der Waals surface area contributed by atoms with Crippen molar-refractivity contribution in [3.63, 3.8) is 0 Å². The number of hydrogen-bond acceptors (Lipinski definition) is 4. The molecule has 0 radical (unpaired) electrons. The molecule has 0 aliphatic rings. The lowest BCUT2D eigenvalue weighted by molar-refractivity contribution is 0.301.